The SMILES string of the molecule is Cc1noc(-c2ccc(-n3nc(-c4cccnc4)c4c3[C@]3(C)C=C(C#N)C(=O)[C@H](C)[C@H]3CC4)cc2)n1. The zero-order valence-electron chi connectivity index (χ0n) is 20.3. The van der Waals surface area contributed by atoms with Crippen LogP contribution in [0.1, 0.15) is 37.4 Å². The maximum Gasteiger partial charge on any atom is 0.257 e. The Labute approximate surface area is 208 Å². The van der Waals surface area contributed by atoms with Gasteiger partial charge in [0.05, 0.1) is 22.6 Å². The van der Waals surface area contributed by atoms with E-state index >= 15 is 0 Å². The number of fused-ring (bicyclic) bond motifs is 3. The van der Waals surface area contributed by atoms with Crippen LogP contribution in [0.3, 0.4) is 0 Å². The van der Waals surface area contributed by atoms with Crippen LogP contribution < -0.4 is 0 Å². The molecule has 0 unspecified atom stereocenters. The molecule has 0 bridgehead atoms. The number of hydrogen-bond donors (Lipinski definition) is 0. The summed E-state index contributed by atoms with van der Waals surface area (Å²) in [6.07, 6.45) is 7.09. The summed E-state index contributed by atoms with van der Waals surface area (Å²) in [4.78, 5) is 21.5. The summed E-state index contributed by atoms with van der Waals surface area (Å²) in [6, 6.07) is 13.9. The normalized spacial score (nSPS) is 22.9. The van der Waals surface area contributed by atoms with Gasteiger partial charge in [0.25, 0.3) is 5.89 Å². The van der Waals surface area contributed by atoms with E-state index in [1.807, 2.05) is 60.3 Å². The molecule has 8 heteroatoms. The molecule has 0 spiro atoms. The Kier molecular flexibility index (Phi) is 4.97. The Morgan fingerprint density at radius 1 is 1.19 bits per heavy atom. The van der Waals surface area contributed by atoms with E-state index in [-0.39, 0.29) is 23.2 Å². The highest BCUT2D eigenvalue weighted by molar-refractivity contribution is 6.02. The van der Waals surface area contributed by atoms with E-state index in [9.17, 15) is 10.1 Å². The van der Waals surface area contributed by atoms with Crippen molar-refractivity contribution in [3.8, 4) is 34.5 Å². The molecule has 0 aliphatic heterocycles. The number of aromatic nitrogens is 5. The minimum absolute atomic E-state index is 0.0684. The molecule has 8 nitrogen and oxygen atoms in total. The third-order valence-electron chi connectivity index (χ3n) is 7.64. The van der Waals surface area contributed by atoms with Crippen molar-refractivity contribution in [1.82, 2.24) is 24.9 Å². The van der Waals surface area contributed by atoms with Crippen LogP contribution in [0.4, 0.5) is 0 Å². The van der Waals surface area contributed by atoms with Gasteiger partial charge in [-0.15, -0.1) is 0 Å². The molecule has 2 aliphatic rings. The minimum atomic E-state index is -0.526. The molecular weight excluding hydrogens is 452 g/mol. The van der Waals surface area contributed by atoms with Crippen molar-refractivity contribution in [2.45, 2.75) is 39.0 Å². The highest BCUT2D eigenvalue weighted by atomic mass is 16.5. The van der Waals surface area contributed by atoms with Gasteiger partial charge in [0, 0.05) is 40.4 Å². The summed E-state index contributed by atoms with van der Waals surface area (Å²) in [6.45, 7) is 5.87. The molecule has 0 N–H and O–H groups in total. The van der Waals surface area contributed by atoms with Gasteiger partial charge in [0.1, 0.15) is 6.07 Å². The second-order valence-corrected chi connectivity index (χ2v) is 9.77. The predicted molar refractivity (Wildman–Crippen MR) is 132 cm³/mol. The molecule has 178 valence electrons. The Morgan fingerprint density at radius 2 is 2.00 bits per heavy atom. The number of aryl methyl sites for hydroxylation is 1. The number of pyridine rings is 1. The Morgan fingerprint density at radius 3 is 2.67 bits per heavy atom. The molecule has 0 amide bonds. The molecule has 1 aromatic carbocycles. The highest BCUT2D eigenvalue weighted by Crippen LogP contribution is 2.52. The third kappa shape index (κ3) is 3.23. The lowest BCUT2D eigenvalue weighted by Gasteiger charge is -2.45. The van der Waals surface area contributed by atoms with Crippen LogP contribution in [-0.2, 0) is 16.6 Å². The van der Waals surface area contributed by atoms with Crippen LogP contribution in [0.2, 0.25) is 0 Å². The number of carbonyl (C=O) groups excluding carboxylic acids is 1. The number of nitriles is 1. The van der Waals surface area contributed by atoms with E-state index in [2.05, 4.69) is 28.1 Å². The summed E-state index contributed by atoms with van der Waals surface area (Å²) >= 11 is 0. The zero-order chi connectivity index (χ0) is 25.0. The van der Waals surface area contributed by atoms with Gasteiger partial charge in [-0.05, 0) is 62.1 Å². The minimum Gasteiger partial charge on any atom is -0.334 e. The maximum atomic E-state index is 12.9. The summed E-state index contributed by atoms with van der Waals surface area (Å²) in [7, 11) is 0. The average molecular weight is 477 g/mol. The van der Waals surface area contributed by atoms with E-state index in [1.54, 1.807) is 13.1 Å². The van der Waals surface area contributed by atoms with Crippen LogP contribution in [0.15, 0.2) is 65.0 Å². The highest BCUT2D eigenvalue weighted by Gasteiger charge is 2.50. The van der Waals surface area contributed by atoms with Gasteiger partial charge >= 0.3 is 0 Å². The fourth-order valence-electron chi connectivity index (χ4n) is 5.93. The van der Waals surface area contributed by atoms with E-state index in [0.29, 0.717) is 11.7 Å². The molecule has 0 saturated heterocycles. The van der Waals surface area contributed by atoms with Crippen molar-refractivity contribution in [3.05, 3.63) is 77.5 Å². The van der Waals surface area contributed by atoms with Crippen LogP contribution in [-0.4, -0.2) is 30.7 Å². The number of hydrogen-bond acceptors (Lipinski definition) is 7. The van der Waals surface area contributed by atoms with Crippen LogP contribution in [0.5, 0.6) is 0 Å². The molecule has 3 atom stereocenters. The van der Waals surface area contributed by atoms with Gasteiger partial charge in [0.15, 0.2) is 11.6 Å². The smallest absolute Gasteiger partial charge is 0.257 e. The Balaban J connectivity index is 1.57. The van der Waals surface area contributed by atoms with Crippen molar-refractivity contribution in [2.75, 3.05) is 0 Å². The summed E-state index contributed by atoms with van der Waals surface area (Å²) in [5, 5.41) is 18.7. The van der Waals surface area contributed by atoms with Crippen molar-refractivity contribution in [2.24, 2.45) is 11.8 Å². The summed E-state index contributed by atoms with van der Waals surface area (Å²) in [5.74, 6) is 0.812. The van der Waals surface area contributed by atoms with Gasteiger partial charge < -0.3 is 4.52 Å². The molecule has 3 aromatic heterocycles. The average Bonchev–Trinajstić information content (AvgIpc) is 3.51. The van der Waals surface area contributed by atoms with Crippen LogP contribution >= 0.6 is 0 Å². The van der Waals surface area contributed by atoms with Crippen molar-refractivity contribution >= 4 is 5.78 Å². The molecule has 2 aliphatic carbocycles. The predicted octanol–water partition coefficient (Wildman–Crippen LogP) is 4.78. The number of ketones is 1. The van der Waals surface area contributed by atoms with E-state index in [4.69, 9.17) is 9.62 Å². The summed E-state index contributed by atoms with van der Waals surface area (Å²) in [5.41, 5.74) is 5.37. The molecule has 0 fully saturated rings. The van der Waals surface area contributed by atoms with E-state index in [0.717, 1.165) is 46.6 Å². The molecule has 0 radical (unpaired) electrons. The molecule has 3 heterocycles. The number of rotatable bonds is 3. The Hall–Kier alpha value is -4.38. The molecular formula is C28H24N6O2. The lowest BCUT2D eigenvalue weighted by Crippen LogP contribution is -2.46. The fourth-order valence-corrected chi connectivity index (χ4v) is 5.93. The van der Waals surface area contributed by atoms with Gasteiger partial charge in [0.2, 0.25) is 0 Å². The van der Waals surface area contributed by atoms with Crippen LogP contribution in [0, 0.1) is 30.1 Å². The molecule has 4 aromatic rings. The lowest BCUT2D eigenvalue weighted by molar-refractivity contribution is -0.121. The standard InChI is InChI=1S/C28H24N6O2/c1-16-23-11-10-22-24(19-5-4-12-30-15-19)32-34(26(22)28(23,3)13-20(14-29)25(16)35)21-8-6-18(7-9-21)27-31-17(2)33-36-27/h4-9,12-13,15-16,23H,10-11H2,1-3H3/t16-,23-,28-/m1/s1. The second-order valence-electron chi connectivity index (χ2n) is 9.77. The first-order chi connectivity index (χ1) is 17.4. The first-order valence-electron chi connectivity index (χ1n) is 12.0. The van der Waals surface area contributed by atoms with Crippen molar-refractivity contribution in [3.63, 3.8) is 0 Å². The maximum absolute atomic E-state index is 12.9. The quantitative estimate of drug-likeness (QED) is 0.418. The monoisotopic (exact) mass is 476 g/mol. The topological polar surface area (TPSA) is 110 Å². The molecule has 0 saturated carbocycles. The number of benzene rings is 1. The largest absolute Gasteiger partial charge is 0.334 e. The molecule has 6 rings (SSSR count). The number of carbonyl (C=O) groups is 1. The van der Waals surface area contributed by atoms with E-state index < -0.39 is 5.41 Å². The fraction of sp³-hybridized carbons (Fsp3) is 0.286. The van der Waals surface area contributed by atoms with Crippen molar-refractivity contribution in [1.29, 1.82) is 5.26 Å². The first-order valence-corrected chi connectivity index (χ1v) is 12.0. The number of Topliss-reactive ketones (excluding diaryl/α,β-unsaturated/α-hetero) is 1. The number of allylic oxidation sites excluding steroid dienone is 2. The number of nitrogens with zero attached hydrogens (tertiary/aromatic N) is 6. The van der Waals surface area contributed by atoms with E-state index in [1.165, 1.54) is 0 Å². The van der Waals surface area contributed by atoms with Gasteiger partial charge in [-0.1, -0.05) is 25.1 Å². The Bertz CT molecular complexity index is 1560. The van der Waals surface area contributed by atoms with Crippen LogP contribution in [0.25, 0.3) is 28.4 Å². The lowest BCUT2D eigenvalue weighted by atomic mass is 9.57. The molecule has 36 heavy (non-hydrogen) atoms. The van der Waals surface area contributed by atoms with Gasteiger partial charge in [-0.2, -0.15) is 15.3 Å². The van der Waals surface area contributed by atoms with Crippen molar-refractivity contribution < 1.29 is 9.32 Å². The second kappa shape index (κ2) is 8.09. The summed E-state index contributed by atoms with van der Waals surface area (Å²) < 4.78 is 7.29. The van der Waals surface area contributed by atoms with Gasteiger partial charge in [-0.25, -0.2) is 4.68 Å². The zero-order valence-corrected chi connectivity index (χ0v) is 20.3. The van der Waals surface area contributed by atoms with Gasteiger partial charge in [-0.3, -0.25) is 9.78 Å². The first kappa shape index (κ1) is 22.1. The third-order valence-corrected chi connectivity index (χ3v) is 7.64.